The summed E-state index contributed by atoms with van der Waals surface area (Å²) >= 11 is 2.25. The lowest BCUT2D eigenvalue weighted by molar-refractivity contribution is 1.07. The fraction of sp³-hybridized carbons (Fsp3) is 0.111. The van der Waals surface area contributed by atoms with Gasteiger partial charge in [0.1, 0.15) is 5.69 Å². The van der Waals surface area contributed by atoms with Crippen LogP contribution in [0.25, 0.3) is 11.5 Å². The zero-order valence-electron chi connectivity index (χ0n) is 7.26. The molecule has 0 spiro atoms. The van der Waals surface area contributed by atoms with E-state index >= 15 is 0 Å². The first kappa shape index (κ1) is 9.45. The fourth-order valence-electron chi connectivity index (χ4n) is 1.07. The molecule has 0 saturated carbocycles. The molecule has 0 bridgehead atoms. The van der Waals surface area contributed by atoms with E-state index in [1.165, 1.54) is 0 Å². The largest absolute Gasteiger partial charge is 0.256 e. The Labute approximate surface area is 95.0 Å². The van der Waals surface area contributed by atoms with Gasteiger partial charge in [-0.15, -0.1) is 0 Å². The van der Waals surface area contributed by atoms with Crippen LogP contribution < -0.4 is 0 Å². The van der Waals surface area contributed by atoms with Crippen molar-refractivity contribution < 1.29 is 0 Å². The van der Waals surface area contributed by atoms with Gasteiger partial charge in [0.15, 0.2) is 5.82 Å². The van der Waals surface area contributed by atoms with Gasteiger partial charge in [0, 0.05) is 29.2 Å². The van der Waals surface area contributed by atoms with Crippen LogP contribution in [0.1, 0.15) is 5.69 Å². The summed E-state index contributed by atoms with van der Waals surface area (Å²) in [4.78, 5) is 16.7. The summed E-state index contributed by atoms with van der Waals surface area (Å²) in [6, 6.07) is 1.78. The van der Waals surface area contributed by atoms with Gasteiger partial charge in [-0.1, -0.05) is 22.6 Å². The van der Waals surface area contributed by atoms with Crippen LogP contribution in [0.4, 0.5) is 0 Å². The van der Waals surface area contributed by atoms with Gasteiger partial charge >= 0.3 is 0 Å². The SMILES string of the molecule is ICc1nccnc1-c1ncccn1. The molecule has 0 unspecified atom stereocenters. The van der Waals surface area contributed by atoms with Gasteiger partial charge in [-0.3, -0.25) is 4.98 Å². The van der Waals surface area contributed by atoms with E-state index in [1.807, 2.05) is 0 Å². The molecule has 2 heterocycles. The number of hydrogen-bond acceptors (Lipinski definition) is 4. The number of alkyl halides is 1. The molecule has 0 aliphatic heterocycles. The van der Waals surface area contributed by atoms with E-state index in [-0.39, 0.29) is 0 Å². The van der Waals surface area contributed by atoms with E-state index < -0.39 is 0 Å². The molecule has 5 heteroatoms. The van der Waals surface area contributed by atoms with Crippen LogP contribution in [0.15, 0.2) is 30.9 Å². The molecule has 4 nitrogen and oxygen atoms in total. The molecule has 70 valence electrons. The van der Waals surface area contributed by atoms with Gasteiger partial charge in [-0.2, -0.15) is 0 Å². The molecule has 2 aromatic heterocycles. The lowest BCUT2D eigenvalue weighted by Crippen LogP contribution is -1.97. The molecule has 0 saturated heterocycles. The van der Waals surface area contributed by atoms with Gasteiger partial charge in [-0.05, 0) is 6.07 Å². The number of halogens is 1. The average Bonchev–Trinajstić information content (AvgIpc) is 2.30. The molecule has 0 aliphatic carbocycles. The summed E-state index contributed by atoms with van der Waals surface area (Å²) < 4.78 is 0.805. The number of aromatic nitrogens is 4. The maximum Gasteiger partial charge on any atom is 0.180 e. The molecule has 0 N–H and O–H groups in total. The molecule has 0 aliphatic rings. The van der Waals surface area contributed by atoms with Crippen molar-refractivity contribution in [1.82, 2.24) is 19.9 Å². The van der Waals surface area contributed by atoms with E-state index in [0.29, 0.717) is 5.82 Å². The zero-order valence-corrected chi connectivity index (χ0v) is 9.42. The van der Waals surface area contributed by atoms with Crippen LogP contribution in [0.2, 0.25) is 0 Å². The first-order valence-corrected chi connectivity index (χ1v) is 5.57. The summed E-state index contributed by atoms with van der Waals surface area (Å²) in [6.07, 6.45) is 6.74. The van der Waals surface area contributed by atoms with E-state index in [0.717, 1.165) is 15.8 Å². The molecule has 0 amide bonds. The normalized spacial score (nSPS) is 10.1. The summed E-state index contributed by atoms with van der Waals surface area (Å²) in [5, 5.41) is 0. The fourth-order valence-corrected chi connectivity index (χ4v) is 1.63. The molecule has 0 aromatic carbocycles. The second-order valence-corrected chi connectivity index (χ2v) is 3.32. The highest BCUT2D eigenvalue weighted by Gasteiger charge is 2.07. The Balaban J connectivity index is 2.51. The highest BCUT2D eigenvalue weighted by Crippen LogP contribution is 2.16. The van der Waals surface area contributed by atoms with E-state index in [9.17, 15) is 0 Å². The van der Waals surface area contributed by atoms with Crippen molar-refractivity contribution in [3.63, 3.8) is 0 Å². The maximum absolute atomic E-state index is 4.23. The molecule has 2 aromatic rings. The second-order valence-electron chi connectivity index (χ2n) is 2.56. The van der Waals surface area contributed by atoms with E-state index in [2.05, 4.69) is 42.5 Å². The van der Waals surface area contributed by atoms with Gasteiger partial charge in [0.05, 0.1) is 5.69 Å². The molecule has 0 fully saturated rings. The van der Waals surface area contributed by atoms with Crippen molar-refractivity contribution in [1.29, 1.82) is 0 Å². The standard InChI is InChI=1S/C9H7IN4/c10-6-7-8(12-5-4-11-7)9-13-2-1-3-14-9/h1-5H,6H2. The second kappa shape index (κ2) is 4.41. The Hall–Kier alpha value is -1.11. The molecule has 2 rings (SSSR count). The third kappa shape index (κ3) is 1.87. The monoisotopic (exact) mass is 298 g/mol. The summed E-state index contributed by atoms with van der Waals surface area (Å²) in [5.41, 5.74) is 1.68. The number of rotatable bonds is 2. The minimum Gasteiger partial charge on any atom is -0.256 e. The van der Waals surface area contributed by atoms with Gasteiger partial charge in [-0.25, -0.2) is 15.0 Å². The predicted molar refractivity (Wildman–Crippen MR) is 60.8 cm³/mol. The predicted octanol–water partition coefficient (Wildman–Crippen LogP) is 1.87. The van der Waals surface area contributed by atoms with Crippen LogP contribution in [0.3, 0.4) is 0 Å². The molecular formula is C9H7IN4. The Bertz CT molecular complexity index is 418. The molecule has 0 atom stereocenters. The van der Waals surface area contributed by atoms with Crippen molar-refractivity contribution >= 4 is 22.6 Å². The van der Waals surface area contributed by atoms with Crippen molar-refractivity contribution in [3.05, 3.63) is 36.5 Å². The van der Waals surface area contributed by atoms with Crippen molar-refractivity contribution in [2.75, 3.05) is 0 Å². The lowest BCUT2D eigenvalue weighted by Gasteiger charge is -2.01. The third-order valence-corrected chi connectivity index (χ3v) is 2.40. The smallest absolute Gasteiger partial charge is 0.180 e. The number of nitrogens with zero attached hydrogens (tertiary/aromatic N) is 4. The summed E-state index contributed by atoms with van der Waals surface area (Å²) in [6.45, 7) is 0. The quantitative estimate of drug-likeness (QED) is 0.627. The van der Waals surface area contributed by atoms with Crippen LogP contribution in [-0.4, -0.2) is 19.9 Å². The number of hydrogen-bond donors (Lipinski definition) is 0. The Morgan fingerprint density at radius 3 is 2.36 bits per heavy atom. The van der Waals surface area contributed by atoms with Crippen LogP contribution in [0, 0.1) is 0 Å². The van der Waals surface area contributed by atoms with E-state index in [1.54, 1.807) is 30.9 Å². The molecular weight excluding hydrogens is 291 g/mol. The van der Waals surface area contributed by atoms with Gasteiger partial charge in [0.2, 0.25) is 0 Å². The maximum atomic E-state index is 4.23. The Morgan fingerprint density at radius 1 is 0.929 bits per heavy atom. The highest BCUT2D eigenvalue weighted by molar-refractivity contribution is 14.1. The summed E-state index contributed by atoms with van der Waals surface area (Å²) in [7, 11) is 0. The zero-order chi connectivity index (χ0) is 9.80. The third-order valence-electron chi connectivity index (χ3n) is 1.68. The summed E-state index contributed by atoms with van der Waals surface area (Å²) in [5.74, 6) is 0.632. The lowest BCUT2D eigenvalue weighted by atomic mass is 10.3. The molecule has 14 heavy (non-hydrogen) atoms. The average molecular weight is 298 g/mol. The van der Waals surface area contributed by atoms with Gasteiger partial charge < -0.3 is 0 Å². The first-order valence-electron chi connectivity index (χ1n) is 4.05. The molecule has 0 radical (unpaired) electrons. The highest BCUT2D eigenvalue weighted by atomic mass is 127. The van der Waals surface area contributed by atoms with Crippen LogP contribution >= 0.6 is 22.6 Å². The van der Waals surface area contributed by atoms with Crippen molar-refractivity contribution in [3.8, 4) is 11.5 Å². The van der Waals surface area contributed by atoms with Crippen molar-refractivity contribution in [2.45, 2.75) is 4.43 Å². The minimum absolute atomic E-state index is 0.632. The minimum atomic E-state index is 0.632. The van der Waals surface area contributed by atoms with E-state index in [4.69, 9.17) is 0 Å². The topological polar surface area (TPSA) is 51.6 Å². The first-order chi connectivity index (χ1) is 6.92. The Kier molecular flexibility index (Phi) is 2.97. The Morgan fingerprint density at radius 2 is 1.64 bits per heavy atom. The van der Waals surface area contributed by atoms with Crippen LogP contribution in [-0.2, 0) is 4.43 Å². The van der Waals surface area contributed by atoms with Gasteiger partial charge in [0.25, 0.3) is 0 Å². The van der Waals surface area contributed by atoms with Crippen molar-refractivity contribution in [2.24, 2.45) is 0 Å². The van der Waals surface area contributed by atoms with Crippen LogP contribution in [0.5, 0.6) is 0 Å².